The lowest BCUT2D eigenvalue weighted by molar-refractivity contribution is 0.0637. The molecule has 0 radical (unpaired) electrons. The van der Waals surface area contributed by atoms with E-state index in [1.165, 1.54) is 0 Å². The van der Waals surface area contributed by atoms with E-state index in [4.69, 9.17) is 0 Å². The summed E-state index contributed by atoms with van der Waals surface area (Å²) in [7, 11) is 0. The van der Waals surface area contributed by atoms with Gasteiger partial charge in [0, 0.05) is 12.1 Å². The van der Waals surface area contributed by atoms with E-state index < -0.39 is 6.10 Å². The maximum absolute atomic E-state index is 13.5. The number of rotatable bonds is 6. The van der Waals surface area contributed by atoms with Crippen molar-refractivity contribution >= 4 is 5.91 Å². The quantitative estimate of drug-likeness (QED) is 0.799. The van der Waals surface area contributed by atoms with Gasteiger partial charge in [-0.05, 0) is 50.8 Å². The van der Waals surface area contributed by atoms with Crippen molar-refractivity contribution in [2.24, 2.45) is 0 Å². The van der Waals surface area contributed by atoms with E-state index >= 15 is 0 Å². The van der Waals surface area contributed by atoms with Crippen LogP contribution >= 0.6 is 0 Å². The largest absolute Gasteiger partial charge is 0.388 e. The van der Waals surface area contributed by atoms with E-state index in [-0.39, 0.29) is 18.0 Å². The zero-order valence-electron chi connectivity index (χ0n) is 15.9. The number of aliphatic hydroxyl groups excluding tert-OH is 1. The Balaban J connectivity index is 2.69. The van der Waals surface area contributed by atoms with E-state index in [1.54, 1.807) is 0 Å². The van der Waals surface area contributed by atoms with Gasteiger partial charge in [-0.3, -0.25) is 4.79 Å². The van der Waals surface area contributed by atoms with E-state index in [9.17, 15) is 9.90 Å². The van der Waals surface area contributed by atoms with Crippen LogP contribution in [0, 0.1) is 0 Å². The number of aliphatic hydroxyl groups is 1. The molecule has 0 bridgehead atoms. The van der Waals surface area contributed by atoms with E-state index in [2.05, 4.69) is 0 Å². The van der Waals surface area contributed by atoms with Gasteiger partial charge in [-0.25, -0.2) is 0 Å². The molecule has 3 heteroatoms. The average molecular weight is 339 g/mol. The Morgan fingerprint density at radius 1 is 0.960 bits per heavy atom. The fourth-order valence-electron chi connectivity index (χ4n) is 3.36. The van der Waals surface area contributed by atoms with Crippen LogP contribution in [0.1, 0.15) is 63.1 Å². The highest BCUT2D eigenvalue weighted by molar-refractivity contribution is 6.02. The van der Waals surface area contributed by atoms with Gasteiger partial charge < -0.3 is 10.0 Å². The molecule has 0 aliphatic carbocycles. The second kappa shape index (κ2) is 8.30. The van der Waals surface area contributed by atoms with Crippen LogP contribution in [0.2, 0.25) is 0 Å². The summed E-state index contributed by atoms with van der Waals surface area (Å²) in [4.78, 5) is 15.4. The maximum Gasteiger partial charge on any atom is 0.255 e. The molecule has 0 aliphatic heterocycles. The Morgan fingerprint density at radius 2 is 1.56 bits per heavy atom. The zero-order chi connectivity index (χ0) is 18.6. The van der Waals surface area contributed by atoms with Crippen LogP contribution in [-0.4, -0.2) is 28.0 Å². The first kappa shape index (κ1) is 19.2. The Kier molecular flexibility index (Phi) is 6.38. The number of amides is 1. The zero-order valence-corrected chi connectivity index (χ0v) is 15.9. The van der Waals surface area contributed by atoms with Crippen LogP contribution in [0.25, 0.3) is 11.1 Å². The molecule has 2 rings (SSSR count). The number of hydrogen-bond acceptors (Lipinski definition) is 2. The highest BCUT2D eigenvalue weighted by atomic mass is 16.3. The monoisotopic (exact) mass is 339 g/mol. The first-order valence-corrected chi connectivity index (χ1v) is 9.07. The third kappa shape index (κ3) is 4.10. The van der Waals surface area contributed by atoms with Crippen LogP contribution in [0.15, 0.2) is 48.5 Å². The fraction of sp³-hybridized carbons (Fsp3) is 0.409. The first-order chi connectivity index (χ1) is 11.9. The van der Waals surface area contributed by atoms with Gasteiger partial charge in [-0.15, -0.1) is 0 Å². The Labute approximate surface area is 151 Å². The Hall–Kier alpha value is -2.13. The van der Waals surface area contributed by atoms with Crippen LogP contribution < -0.4 is 0 Å². The Bertz CT molecular complexity index is 699. The van der Waals surface area contributed by atoms with Crippen molar-refractivity contribution in [3.63, 3.8) is 0 Å². The smallest absolute Gasteiger partial charge is 0.255 e. The normalized spacial score (nSPS) is 12.5. The minimum Gasteiger partial charge on any atom is -0.388 e. The van der Waals surface area contributed by atoms with E-state index in [0.717, 1.165) is 11.1 Å². The molecule has 1 N–H and O–H groups in total. The van der Waals surface area contributed by atoms with Crippen LogP contribution in [0.5, 0.6) is 0 Å². The number of hydrogen-bond donors (Lipinski definition) is 1. The molecule has 0 aliphatic rings. The van der Waals surface area contributed by atoms with Crippen LogP contribution in [0.4, 0.5) is 0 Å². The van der Waals surface area contributed by atoms with E-state index in [1.807, 2.05) is 88.0 Å². The third-order valence-corrected chi connectivity index (χ3v) is 4.49. The summed E-state index contributed by atoms with van der Waals surface area (Å²) in [6.07, 6.45) is -0.0780. The summed E-state index contributed by atoms with van der Waals surface area (Å²) < 4.78 is 0. The molecule has 2 aromatic carbocycles. The van der Waals surface area contributed by atoms with Crippen molar-refractivity contribution < 1.29 is 9.90 Å². The number of benzene rings is 2. The molecule has 3 nitrogen and oxygen atoms in total. The highest BCUT2D eigenvalue weighted by Gasteiger charge is 2.28. The number of carbonyl (C=O) groups is 1. The Morgan fingerprint density at radius 3 is 2.08 bits per heavy atom. The summed E-state index contributed by atoms with van der Waals surface area (Å²) in [5, 5.41) is 10.5. The van der Waals surface area contributed by atoms with Gasteiger partial charge in [-0.1, -0.05) is 55.5 Å². The second-order valence-corrected chi connectivity index (χ2v) is 6.96. The van der Waals surface area contributed by atoms with E-state index in [0.29, 0.717) is 17.5 Å². The van der Waals surface area contributed by atoms with Gasteiger partial charge >= 0.3 is 0 Å². The fourth-order valence-corrected chi connectivity index (χ4v) is 3.36. The molecule has 134 valence electrons. The lowest BCUT2D eigenvalue weighted by Gasteiger charge is -2.32. The minimum atomic E-state index is -0.649. The summed E-state index contributed by atoms with van der Waals surface area (Å²) in [5.74, 6) is -0.0213. The third-order valence-electron chi connectivity index (χ3n) is 4.49. The lowest BCUT2D eigenvalue weighted by atomic mass is 9.90. The summed E-state index contributed by atoms with van der Waals surface area (Å²) in [6.45, 7) is 10.0. The molecule has 0 aromatic heterocycles. The molecular formula is C22H29NO2. The first-order valence-electron chi connectivity index (χ1n) is 9.07. The van der Waals surface area contributed by atoms with Gasteiger partial charge in [0.1, 0.15) is 0 Å². The minimum absolute atomic E-state index is 0.0213. The lowest BCUT2D eigenvalue weighted by Crippen LogP contribution is -2.42. The van der Waals surface area contributed by atoms with Crippen molar-refractivity contribution in [3.8, 4) is 11.1 Å². The van der Waals surface area contributed by atoms with Crippen molar-refractivity contribution in [3.05, 3.63) is 59.7 Å². The standard InChI is InChI=1S/C22H29NO2/c1-6-20(24)19-14-10-13-18(17-11-8-7-9-12-17)21(19)22(25)23(15(2)3)16(4)5/h7-16,20,24H,6H2,1-5H3. The average Bonchev–Trinajstić information content (AvgIpc) is 2.60. The number of nitrogens with zero attached hydrogens (tertiary/aromatic N) is 1. The van der Waals surface area contributed by atoms with Gasteiger partial charge in [0.2, 0.25) is 0 Å². The molecule has 0 spiro atoms. The van der Waals surface area contributed by atoms with Crippen molar-refractivity contribution in [2.45, 2.75) is 59.2 Å². The van der Waals surface area contributed by atoms with Crippen LogP contribution in [0.3, 0.4) is 0 Å². The highest BCUT2D eigenvalue weighted by Crippen LogP contribution is 2.32. The number of carbonyl (C=O) groups excluding carboxylic acids is 1. The molecule has 0 saturated heterocycles. The van der Waals surface area contributed by atoms with Gasteiger partial charge in [0.15, 0.2) is 0 Å². The van der Waals surface area contributed by atoms with Crippen molar-refractivity contribution in [1.29, 1.82) is 0 Å². The van der Waals surface area contributed by atoms with Crippen molar-refractivity contribution in [1.82, 2.24) is 4.90 Å². The molecule has 2 aromatic rings. The predicted octanol–water partition coefficient (Wildman–Crippen LogP) is 5.06. The molecule has 1 atom stereocenters. The topological polar surface area (TPSA) is 40.5 Å². The van der Waals surface area contributed by atoms with Gasteiger partial charge in [-0.2, -0.15) is 0 Å². The van der Waals surface area contributed by atoms with Gasteiger partial charge in [0.25, 0.3) is 5.91 Å². The second-order valence-electron chi connectivity index (χ2n) is 6.96. The summed E-state index contributed by atoms with van der Waals surface area (Å²) in [6, 6.07) is 15.8. The van der Waals surface area contributed by atoms with Crippen molar-refractivity contribution in [2.75, 3.05) is 0 Å². The molecule has 1 amide bonds. The molecular weight excluding hydrogens is 310 g/mol. The SMILES string of the molecule is CCC(O)c1cccc(-c2ccccc2)c1C(=O)N(C(C)C)C(C)C. The maximum atomic E-state index is 13.5. The predicted molar refractivity (Wildman–Crippen MR) is 104 cm³/mol. The molecule has 0 fully saturated rings. The van der Waals surface area contributed by atoms with Gasteiger partial charge in [0.05, 0.1) is 11.7 Å². The summed E-state index contributed by atoms with van der Waals surface area (Å²) in [5.41, 5.74) is 3.19. The molecule has 0 saturated carbocycles. The van der Waals surface area contributed by atoms with Crippen LogP contribution in [-0.2, 0) is 0 Å². The summed E-state index contributed by atoms with van der Waals surface area (Å²) >= 11 is 0. The molecule has 1 unspecified atom stereocenters. The molecule has 0 heterocycles. The molecule has 25 heavy (non-hydrogen) atoms.